The smallest absolute Gasteiger partial charge is 0.335 e. The van der Waals surface area contributed by atoms with Crippen LogP contribution in [0, 0.1) is 13.8 Å². The highest BCUT2D eigenvalue weighted by molar-refractivity contribution is 8.00. The maximum atomic E-state index is 11.3. The number of nitrogens with one attached hydrogen (secondary N) is 1. The first-order chi connectivity index (χ1) is 16.4. The van der Waals surface area contributed by atoms with E-state index in [9.17, 15) is 9.90 Å². The zero-order chi connectivity index (χ0) is 24.5. The number of rotatable bonds is 12. The molecule has 0 saturated heterocycles. The van der Waals surface area contributed by atoms with Crippen molar-refractivity contribution in [3.63, 3.8) is 0 Å². The van der Waals surface area contributed by atoms with Crippen molar-refractivity contribution in [1.82, 2.24) is 9.97 Å². The van der Waals surface area contributed by atoms with Crippen molar-refractivity contribution in [1.29, 1.82) is 0 Å². The molecule has 3 rings (SSSR count). The van der Waals surface area contributed by atoms with Gasteiger partial charge in [-0.05, 0) is 74.4 Å². The predicted octanol–water partition coefficient (Wildman–Crippen LogP) is 5.64. The zero-order valence-corrected chi connectivity index (χ0v) is 20.3. The molecule has 7 nitrogen and oxygen atoms in total. The van der Waals surface area contributed by atoms with Gasteiger partial charge < -0.3 is 15.6 Å². The van der Waals surface area contributed by atoms with Crippen LogP contribution in [0.5, 0.6) is 5.88 Å². The van der Waals surface area contributed by atoms with Gasteiger partial charge in [-0.3, -0.25) is 4.72 Å². The molecule has 8 heteroatoms. The minimum Gasteiger partial charge on any atom is -0.478 e. The normalized spacial score (nSPS) is 11.6. The summed E-state index contributed by atoms with van der Waals surface area (Å²) in [6, 6.07) is 14.5. The molecule has 0 amide bonds. The van der Waals surface area contributed by atoms with E-state index in [0.29, 0.717) is 18.4 Å². The number of aromatic nitrogens is 2. The summed E-state index contributed by atoms with van der Waals surface area (Å²) in [7, 11) is 0. The third-order valence-electron chi connectivity index (χ3n) is 5.21. The van der Waals surface area contributed by atoms with Crippen molar-refractivity contribution in [3.05, 3.63) is 77.9 Å². The number of unbranched alkanes of at least 4 members (excludes halogenated alkanes) is 1. The second-order valence-electron chi connectivity index (χ2n) is 8.01. The molecule has 3 aromatic rings. The highest BCUT2D eigenvalue weighted by Crippen LogP contribution is 2.30. The fourth-order valence-corrected chi connectivity index (χ4v) is 4.12. The lowest BCUT2D eigenvalue weighted by Gasteiger charge is -2.15. The number of allylic oxidation sites excluding steroid dienone is 1. The third-order valence-corrected chi connectivity index (χ3v) is 5.98. The third kappa shape index (κ3) is 7.07. The Hall–Kier alpha value is -3.36. The molecule has 0 aliphatic heterocycles. The number of carbonyl (C=O) groups is 1. The lowest BCUT2D eigenvalue weighted by molar-refractivity contribution is 0.0696. The van der Waals surface area contributed by atoms with Gasteiger partial charge in [0.1, 0.15) is 6.61 Å². The maximum Gasteiger partial charge on any atom is 0.335 e. The number of nitrogens with zero attached hydrogens (tertiary/aromatic N) is 2. The van der Waals surface area contributed by atoms with Crippen LogP contribution >= 0.6 is 11.9 Å². The minimum absolute atomic E-state index is 0.108. The fourth-order valence-electron chi connectivity index (χ4n) is 3.49. The topological polar surface area (TPSA) is 110 Å². The van der Waals surface area contributed by atoms with E-state index in [-0.39, 0.29) is 11.6 Å². The van der Waals surface area contributed by atoms with E-state index >= 15 is 0 Å². The molecule has 1 unspecified atom stereocenters. The molecule has 1 aromatic heterocycles. The SMILES string of the molecule is C=CCCCC(N)COc1cc(-c2c(C)cccc2C)nc(NSc2cccc(C(=O)O)c2)n1. The van der Waals surface area contributed by atoms with Crippen molar-refractivity contribution in [2.45, 2.75) is 44.0 Å². The Balaban J connectivity index is 1.84. The summed E-state index contributed by atoms with van der Waals surface area (Å²) in [5, 5.41) is 9.23. The molecular formula is C26H30N4O3S. The van der Waals surface area contributed by atoms with Crippen molar-refractivity contribution >= 4 is 23.9 Å². The van der Waals surface area contributed by atoms with Crippen LogP contribution in [0.2, 0.25) is 0 Å². The first kappa shape index (κ1) is 25.3. The van der Waals surface area contributed by atoms with Crippen LogP contribution in [-0.4, -0.2) is 33.7 Å². The van der Waals surface area contributed by atoms with Gasteiger partial charge in [0, 0.05) is 22.6 Å². The number of hydrogen-bond acceptors (Lipinski definition) is 7. The molecule has 1 heterocycles. The van der Waals surface area contributed by atoms with Gasteiger partial charge >= 0.3 is 5.97 Å². The fraction of sp³-hybridized carbons (Fsp3) is 0.269. The molecule has 178 valence electrons. The first-order valence-electron chi connectivity index (χ1n) is 11.1. The molecule has 0 aliphatic rings. The van der Waals surface area contributed by atoms with E-state index in [2.05, 4.69) is 16.3 Å². The van der Waals surface area contributed by atoms with Gasteiger partial charge in [0.25, 0.3) is 0 Å². The monoisotopic (exact) mass is 478 g/mol. The lowest BCUT2D eigenvalue weighted by Crippen LogP contribution is -2.27. The molecule has 0 radical (unpaired) electrons. The van der Waals surface area contributed by atoms with Crippen molar-refractivity contribution < 1.29 is 14.6 Å². The molecule has 0 fully saturated rings. The number of hydrogen-bond donors (Lipinski definition) is 3. The maximum absolute atomic E-state index is 11.3. The zero-order valence-electron chi connectivity index (χ0n) is 19.5. The van der Waals surface area contributed by atoms with Gasteiger partial charge in [-0.15, -0.1) is 6.58 Å². The van der Waals surface area contributed by atoms with Gasteiger partial charge in [0.05, 0.1) is 11.3 Å². The molecule has 0 aliphatic carbocycles. The summed E-state index contributed by atoms with van der Waals surface area (Å²) in [6.45, 7) is 8.16. The highest BCUT2D eigenvalue weighted by atomic mass is 32.2. The molecule has 34 heavy (non-hydrogen) atoms. The molecule has 2 aromatic carbocycles. The largest absolute Gasteiger partial charge is 0.478 e. The molecule has 0 spiro atoms. The number of aryl methyl sites for hydroxylation is 2. The molecule has 4 N–H and O–H groups in total. The second-order valence-corrected chi connectivity index (χ2v) is 8.89. The van der Waals surface area contributed by atoms with E-state index in [4.69, 9.17) is 15.5 Å². The minimum atomic E-state index is -0.976. The average Bonchev–Trinajstić information content (AvgIpc) is 2.82. The summed E-state index contributed by atoms with van der Waals surface area (Å²) in [4.78, 5) is 21.2. The summed E-state index contributed by atoms with van der Waals surface area (Å²) >= 11 is 1.24. The Labute approximate surface area is 204 Å². The van der Waals surface area contributed by atoms with Crippen molar-refractivity contribution in [3.8, 4) is 17.1 Å². The Bertz CT molecular complexity index is 1130. The van der Waals surface area contributed by atoms with E-state index in [1.165, 1.54) is 11.9 Å². The molecule has 0 saturated carbocycles. The van der Waals surface area contributed by atoms with Gasteiger partial charge in [-0.1, -0.05) is 30.3 Å². The predicted molar refractivity (Wildman–Crippen MR) is 137 cm³/mol. The van der Waals surface area contributed by atoms with Crippen LogP contribution < -0.4 is 15.2 Å². The van der Waals surface area contributed by atoms with Gasteiger partial charge in [0.15, 0.2) is 0 Å². The number of benzene rings is 2. The quantitative estimate of drug-likeness (QED) is 0.174. The Morgan fingerprint density at radius 3 is 2.65 bits per heavy atom. The lowest BCUT2D eigenvalue weighted by atomic mass is 10.00. The molecule has 1 atom stereocenters. The Kier molecular flexibility index (Phi) is 9.07. The van der Waals surface area contributed by atoms with Gasteiger partial charge in [0.2, 0.25) is 11.8 Å². The number of carboxylic acid groups (broad SMARTS) is 1. The summed E-state index contributed by atoms with van der Waals surface area (Å²) in [5.74, 6) is -0.189. The van der Waals surface area contributed by atoms with Crippen molar-refractivity contribution in [2.75, 3.05) is 11.3 Å². The standard InChI is InChI=1S/C26H30N4O3S/c1-4-5-6-12-20(27)16-33-23-15-22(24-17(2)9-7-10-18(24)3)28-26(29-23)30-34-21-13-8-11-19(14-21)25(31)32/h4,7-11,13-15,20H,1,5-6,12,16,27H2,2-3H3,(H,31,32)(H,28,29,30). The van der Waals surface area contributed by atoms with Gasteiger partial charge in [-0.25, -0.2) is 9.78 Å². The van der Waals surface area contributed by atoms with E-state index in [1.54, 1.807) is 18.2 Å². The van der Waals surface area contributed by atoms with Crippen LogP contribution in [0.15, 0.2) is 66.1 Å². The molecule has 0 bridgehead atoms. The van der Waals surface area contributed by atoms with Crippen LogP contribution in [-0.2, 0) is 0 Å². The van der Waals surface area contributed by atoms with Crippen LogP contribution in [0.4, 0.5) is 5.95 Å². The number of anilines is 1. The van der Waals surface area contributed by atoms with Crippen LogP contribution in [0.1, 0.15) is 40.7 Å². The second kappa shape index (κ2) is 12.2. The van der Waals surface area contributed by atoms with E-state index < -0.39 is 5.97 Å². The van der Waals surface area contributed by atoms with E-state index in [1.807, 2.05) is 50.3 Å². The number of carboxylic acids is 1. The summed E-state index contributed by atoms with van der Waals surface area (Å²) in [5.41, 5.74) is 10.4. The molecular weight excluding hydrogens is 448 g/mol. The Morgan fingerprint density at radius 1 is 1.21 bits per heavy atom. The van der Waals surface area contributed by atoms with Gasteiger partial charge in [-0.2, -0.15) is 4.98 Å². The van der Waals surface area contributed by atoms with Crippen molar-refractivity contribution in [2.24, 2.45) is 5.73 Å². The summed E-state index contributed by atoms with van der Waals surface area (Å²) < 4.78 is 9.08. The van der Waals surface area contributed by atoms with E-state index in [0.717, 1.165) is 46.5 Å². The first-order valence-corrected chi connectivity index (χ1v) is 11.9. The number of nitrogens with two attached hydrogens (primary N) is 1. The Morgan fingerprint density at radius 2 is 1.94 bits per heavy atom. The highest BCUT2D eigenvalue weighted by Gasteiger charge is 2.14. The number of aromatic carboxylic acids is 1. The summed E-state index contributed by atoms with van der Waals surface area (Å²) in [6.07, 6.45) is 4.61. The van der Waals surface area contributed by atoms with Crippen LogP contribution in [0.3, 0.4) is 0 Å². The number of ether oxygens (including phenoxy) is 1. The average molecular weight is 479 g/mol. The van der Waals surface area contributed by atoms with Crippen LogP contribution in [0.25, 0.3) is 11.3 Å².